The Kier molecular flexibility index (Phi) is 9.18. The molecule has 0 radical (unpaired) electrons. The third kappa shape index (κ3) is 6.05. The number of likely N-dealkylation sites (N-methyl/N-ethyl adjacent to an activating group) is 1. The van der Waals surface area contributed by atoms with Crippen molar-refractivity contribution in [3.05, 3.63) is 48.2 Å². The van der Waals surface area contributed by atoms with Gasteiger partial charge >= 0.3 is 0 Å². The lowest BCUT2D eigenvalue weighted by molar-refractivity contribution is -0.127. The largest absolute Gasteiger partial charge is 0.361 e. The lowest BCUT2D eigenvalue weighted by atomic mass is 10.1. The van der Waals surface area contributed by atoms with Crippen LogP contribution in [0.5, 0.6) is 0 Å². The maximum absolute atomic E-state index is 11.7. The highest BCUT2D eigenvalue weighted by Gasteiger charge is 2.07. The number of hydrogen-bond acceptors (Lipinski definition) is 2. The van der Waals surface area contributed by atoms with E-state index in [1.165, 1.54) is 21.4 Å². The van der Waals surface area contributed by atoms with Crippen LogP contribution in [0, 0.1) is 6.92 Å². The molecule has 7 heteroatoms. The van der Waals surface area contributed by atoms with Crippen molar-refractivity contribution in [1.82, 2.24) is 20.5 Å². The van der Waals surface area contributed by atoms with E-state index >= 15 is 0 Å². The number of halogens is 1. The Bertz CT molecular complexity index is 766. The molecule has 26 heavy (non-hydrogen) atoms. The molecule has 0 aliphatic carbocycles. The molecule has 0 atom stereocenters. The second-order valence-corrected chi connectivity index (χ2v) is 6.11. The van der Waals surface area contributed by atoms with Crippen molar-refractivity contribution >= 4 is 46.7 Å². The monoisotopic (exact) mass is 469 g/mol. The van der Waals surface area contributed by atoms with Gasteiger partial charge in [0.25, 0.3) is 0 Å². The summed E-state index contributed by atoms with van der Waals surface area (Å²) in [5, 5.41) is 7.69. The summed E-state index contributed by atoms with van der Waals surface area (Å²) in [4.78, 5) is 20.9. The summed E-state index contributed by atoms with van der Waals surface area (Å²) in [6.45, 7) is 7.25. The maximum atomic E-state index is 11.7. The van der Waals surface area contributed by atoms with Crippen LogP contribution in [-0.4, -0.2) is 55.5 Å². The van der Waals surface area contributed by atoms with Crippen LogP contribution in [0.1, 0.15) is 11.1 Å². The van der Waals surface area contributed by atoms with E-state index < -0.39 is 0 Å². The Morgan fingerprint density at radius 3 is 2.81 bits per heavy atom. The first kappa shape index (κ1) is 22.0. The lowest BCUT2D eigenvalue weighted by Crippen LogP contribution is -2.39. The van der Waals surface area contributed by atoms with E-state index in [1.807, 2.05) is 0 Å². The highest BCUT2D eigenvalue weighted by molar-refractivity contribution is 14.0. The zero-order valence-electron chi connectivity index (χ0n) is 15.6. The van der Waals surface area contributed by atoms with Crippen molar-refractivity contribution in [2.45, 2.75) is 13.3 Å². The molecule has 142 valence electrons. The van der Waals surface area contributed by atoms with Gasteiger partial charge in [0.2, 0.25) is 5.91 Å². The molecule has 1 amide bonds. The lowest BCUT2D eigenvalue weighted by Gasteiger charge is -2.13. The zero-order valence-corrected chi connectivity index (χ0v) is 18.0. The number of aliphatic imine (C=N–C) groups is 1. The van der Waals surface area contributed by atoms with E-state index in [0.29, 0.717) is 12.5 Å². The third-order valence-corrected chi connectivity index (χ3v) is 3.97. The number of fused-ring (bicyclic) bond motifs is 1. The molecule has 0 aliphatic rings. The molecule has 0 unspecified atom stereocenters. The minimum Gasteiger partial charge on any atom is -0.361 e. The molecular formula is C19H28IN5O. The molecule has 0 saturated carbocycles. The Balaban J connectivity index is 0.00000338. The first-order chi connectivity index (χ1) is 12.0. The molecule has 1 aromatic carbocycles. The summed E-state index contributed by atoms with van der Waals surface area (Å²) in [7, 11) is 3.45. The number of carbonyl (C=O) groups is 1. The van der Waals surface area contributed by atoms with Crippen LogP contribution < -0.4 is 10.6 Å². The van der Waals surface area contributed by atoms with Crippen LogP contribution >= 0.6 is 24.0 Å². The smallest absolute Gasteiger partial charge is 0.243 e. The summed E-state index contributed by atoms with van der Waals surface area (Å²) < 4.78 is 0. The van der Waals surface area contributed by atoms with Gasteiger partial charge in [-0.2, -0.15) is 0 Å². The van der Waals surface area contributed by atoms with Gasteiger partial charge in [-0.25, -0.2) is 4.99 Å². The number of aryl methyl sites for hydroxylation is 1. The van der Waals surface area contributed by atoms with Gasteiger partial charge in [0, 0.05) is 44.3 Å². The van der Waals surface area contributed by atoms with Crippen LogP contribution in [0.2, 0.25) is 0 Å². The quantitative estimate of drug-likeness (QED) is 0.253. The molecule has 0 bridgehead atoms. The molecule has 2 rings (SSSR count). The molecule has 0 spiro atoms. The van der Waals surface area contributed by atoms with Crippen LogP contribution in [0.25, 0.3) is 10.9 Å². The first-order valence-corrected chi connectivity index (χ1v) is 8.41. The van der Waals surface area contributed by atoms with E-state index in [2.05, 4.69) is 58.5 Å². The summed E-state index contributed by atoms with van der Waals surface area (Å²) >= 11 is 0. The van der Waals surface area contributed by atoms with E-state index in [1.54, 1.807) is 20.2 Å². The van der Waals surface area contributed by atoms with Gasteiger partial charge in [0.15, 0.2) is 5.96 Å². The highest BCUT2D eigenvalue weighted by atomic mass is 127. The molecule has 0 fully saturated rings. The second-order valence-electron chi connectivity index (χ2n) is 6.11. The normalized spacial score (nSPS) is 11.0. The first-order valence-electron chi connectivity index (χ1n) is 8.41. The van der Waals surface area contributed by atoms with Crippen LogP contribution in [-0.2, 0) is 11.2 Å². The molecule has 3 N–H and O–H groups in total. The Morgan fingerprint density at radius 2 is 2.12 bits per heavy atom. The van der Waals surface area contributed by atoms with Gasteiger partial charge in [-0.05, 0) is 30.5 Å². The number of H-pyrrole nitrogens is 1. The van der Waals surface area contributed by atoms with Gasteiger partial charge in [-0.15, -0.1) is 30.6 Å². The van der Waals surface area contributed by atoms with E-state index in [-0.39, 0.29) is 36.4 Å². The number of carbonyl (C=O) groups excluding carboxylic acids is 1. The van der Waals surface area contributed by atoms with E-state index in [4.69, 9.17) is 0 Å². The number of amides is 1. The average Bonchev–Trinajstić information content (AvgIpc) is 3.01. The van der Waals surface area contributed by atoms with Crippen molar-refractivity contribution in [1.29, 1.82) is 0 Å². The van der Waals surface area contributed by atoms with Crippen molar-refractivity contribution in [2.75, 3.05) is 33.7 Å². The fourth-order valence-electron chi connectivity index (χ4n) is 2.60. The molecule has 0 aliphatic heterocycles. The molecular weight excluding hydrogens is 441 g/mol. The van der Waals surface area contributed by atoms with Crippen LogP contribution in [0.3, 0.4) is 0 Å². The molecule has 2 aromatic rings. The predicted molar refractivity (Wildman–Crippen MR) is 119 cm³/mol. The number of hydrogen-bond donors (Lipinski definition) is 3. The average molecular weight is 469 g/mol. The Hall–Kier alpha value is -2.03. The van der Waals surface area contributed by atoms with Gasteiger partial charge in [0.1, 0.15) is 6.54 Å². The van der Waals surface area contributed by atoms with Crippen molar-refractivity contribution in [3.63, 3.8) is 0 Å². The minimum atomic E-state index is -0.0352. The topological polar surface area (TPSA) is 72.5 Å². The third-order valence-electron chi connectivity index (χ3n) is 3.97. The predicted octanol–water partition coefficient (Wildman–Crippen LogP) is 2.45. The molecule has 1 heterocycles. The van der Waals surface area contributed by atoms with Gasteiger partial charge in [-0.3, -0.25) is 4.79 Å². The highest BCUT2D eigenvalue weighted by Crippen LogP contribution is 2.22. The van der Waals surface area contributed by atoms with E-state index in [9.17, 15) is 4.79 Å². The summed E-state index contributed by atoms with van der Waals surface area (Å²) in [6.07, 6.45) is 4.68. The minimum absolute atomic E-state index is 0. The Labute approximate surface area is 172 Å². The fourth-order valence-corrected chi connectivity index (χ4v) is 2.60. The number of aromatic nitrogens is 1. The van der Waals surface area contributed by atoms with Gasteiger partial charge in [0.05, 0.1) is 0 Å². The summed E-state index contributed by atoms with van der Waals surface area (Å²) in [5.41, 5.74) is 3.70. The number of nitrogens with zero attached hydrogens (tertiary/aromatic N) is 2. The van der Waals surface area contributed by atoms with Crippen LogP contribution in [0.4, 0.5) is 0 Å². The number of guanidine groups is 1. The number of nitrogens with one attached hydrogen (secondary N) is 3. The standard InChI is InChI=1S/C19H27N5O.HI/c1-5-10-20-19(23-13-17(25)24(3)4)21-11-9-15-12-22-16-8-6-7-14(2)18(15)16;/h5-8,12,22H,1,9-11,13H2,2-4H3,(H2,20,21,23);1H. The second kappa shape index (κ2) is 10.8. The Morgan fingerprint density at radius 1 is 1.35 bits per heavy atom. The fraction of sp³-hybridized carbons (Fsp3) is 0.368. The van der Waals surface area contributed by atoms with Crippen molar-refractivity contribution in [3.8, 4) is 0 Å². The van der Waals surface area contributed by atoms with Crippen LogP contribution in [0.15, 0.2) is 42.0 Å². The summed E-state index contributed by atoms with van der Waals surface area (Å²) in [5.74, 6) is 0.582. The van der Waals surface area contributed by atoms with Crippen molar-refractivity contribution < 1.29 is 4.79 Å². The maximum Gasteiger partial charge on any atom is 0.243 e. The SMILES string of the molecule is C=CCNC(=NCC(=O)N(C)C)NCCc1c[nH]c2cccc(C)c12.I. The molecule has 1 aromatic heterocycles. The molecule has 0 saturated heterocycles. The number of rotatable bonds is 7. The van der Waals surface area contributed by atoms with Crippen molar-refractivity contribution in [2.24, 2.45) is 4.99 Å². The molecule has 6 nitrogen and oxygen atoms in total. The zero-order chi connectivity index (χ0) is 18.2. The van der Waals surface area contributed by atoms with Gasteiger partial charge < -0.3 is 20.5 Å². The number of benzene rings is 1. The van der Waals surface area contributed by atoms with Gasteiger partial charge in [-0.1, -0.05) is 18.2 Å². The van der Waals surface area contributed by atoms with E-state index in [0.717, 1.165) is 18.5 Å². The summed E-state index contributed by atoms with van der Waals surface area (Å²) in [6, 6.07) is 6.27. The number of aromatic amines is 1.